The molecule has 120 valence electrons. The highest BCUT2D eigenvalue weighted by atomic mass is 16.5. The zero-order valence-electron chi connectivity index (χ0n) is 13.6. The normalized spacial score (nSPS) is 10.8. The van der Waals surface area contributed by atoms with Crippen molar-refractivity contribution in [1.82, 2.24) is 0 Å². The summed E-state index contributed by atoms with van der Waals surface area (Å²) >= 11 is 0. The highest BCUT2D eigenvalue weighted by Gasteiger charge is 2.03. The Hall–Kier alpha value is -2.75. The quantitative estimate of drug-likeness (QED) is 0.816. The van der Waals surface area contributed by atoms with Crippen molar-refractivity contribution in [2.24, 2.45) is 0 Å². The molecule has 0 aliphatic carbocycles. The molecule has 0 aliphatic heterocycles. The van der Waals surface area contributed by atoms with E-state index in [4.69, 9.17) is 9.47 Å². The molecule has 2 aromatic carbocycles. The Labute approximate surface area is 136 Å². The van der Waals surface area contributed by atoms with Gasteiger partial charge in [0.25, 0.3) is 0 Å². The van der Waals surface area contributed by atoms with Crippen LogP contribution >= 0.6 is 0 Å². The second-order valence-corrected chi connectivity index (χ2v) is 5.26. The maximum atomic E-state index is 12.0. The van der Waals surface area contributed by atoms with Gasteiger partial charge in [0.05, 0.1) is 13.2 Å². The molecule has 0 atom stereocenters. The molecule has 0 saturated carbocycles. The average molecular weight is 311 g/mol. The first-order chi connectivity index (χ1) is 11.1. The third kappa shape index (κ3) is 5.18. The van der Waals surface area contributed by atoms with E-state index < -0.39 is 0 Å². The Balaban J connectivity index is 2.03. The molecule has 0 fully saturated rings. The van der Waals surface area contributed by atoms with E-state index in [1.807, 2.05) is 56.3 Å². The summed E-state index contributed by atoms with van der Waals surface area (Å²) in [5, 5.41) is 2.82. The lowest BCUT2D eigenvalue weighted by Crippen LogP contribution is -2.09. The van der Waals surface area contributed by atoms with E-state index in [2.05, 4.69) is 5.32 Å². The number of ether oxygens (including phenoxy) is 2. The molecule has 0 bridgehead atoms. The number of carbonyl (C=O) groups is 1. The summed E-state index contributed by atoms with van der Waals surface area (Å²) in [5.74, 6) is 1.24. The number of benzene rings is 2. The van der Waals surface area contributed by atoms with Crippen molar-refractivity contribution in [2.75, 3.05) is 12.4 Å². The van der Waals surface area contributed by atoms with Crippen LogP contribution in [0.25, 0.3) is 6.08 Å². The van der Waals surface area contributed by atoms with Gasteiger partial charge in [-0.25, -0.2) is 0 Å². The fraction of sp³-hybridized carbons (Fsp3) is 0.211. The molecule has 0 heterocycles. The minimum absolute atomic E-state index is 0.0893. The Bertz CT molecular complexity index is 693. The molecule has 4 heteroatoms. The molecule has 0 aromatic heterocycles. The summed E-state index contributed by atoms with van der Waals surface area (Å²) in [7, 11) is 1.60. The lowest BCUT2D eigenvalue weighted by molar-refractivity contribution is -0.111. The van der Waals surface area contributed by atoms with Crippen LogP contribution in [0.2, 0.25) is 0 Å². The monoisotopic (exact) mass is 311 g/mol. The minimum Gasteiger partial charge on any atom is -0.496 e. The highest BCUT2D eigenvalue weighted by molar-refractivity contribution is 6.02. The van der Waals surface area contributed by atoms with Crippen molar-refractivity contribution in [3.05, 3.63) is 60.2 Å². The van der Waals surface area contributed by atoms with Crippen LogP contribution < -0.4 is 14.8 Å². The summed E-state index contributed by atoms with van der Waals surface area (Å²) in [6.45, 7) is 3.92. The number of para-hydroxylation sites is 1. The van der Waals surface area contributed by atoms with Crippen molar-refractivity contribution < 1.29 is 14.3 Å². The van der Waals surface area contributed by atoms with Crippen LogP contribution in [0.5, 0.6) is 11.5 Å². The van der Waals surface area contributed by atoms with Crippen LogP contribution in [-0.2, 0) is 4.79 Å². The number of hydrogen-bond acceptors (Lipinski definition) is 3. The fourth-order valence-corrected chi connectivity index (χ4v) is 2.07. The highest BCUT2D eigenvalue weighted by Crippen LogP contribution is 2.20. The average Bonchev–Trinajstić information content (AvgIpc) is 2.53. The number of methoxy groups -OCH3 is 1. The van der Waals surface area contributed by atoms with Crippen molar-refractivity contribution >= 4 is 17.7 Å². The van der Waals surface area contributed by atoms with Crippen molar-refractivity contribution in [3.8, 4) is 11.5 Å². The van der Waals surface area contributed by atoms with Crippen molar-refractivity contribution in [1.29, 1.82) is 0 Å². The zero-order chi connectivity index (χ0) is 16.7. The molecule has 0 aliphatic rings. The molecule has 0 radical (unpaired) electrons. The predicted octanol–water partition coefficient (Wildman–Crippen LogP) is 4.13. The first-order valence-electron chi connectivity index (χ1n) is 7.47. The van der Waals surface area contributed by atoms with E-state index in [0.717, 1.165) is 17.1 Å². The van der Waals surface area contributed by atoms with Gasteiger partial charge in [-0.3, -0.25) is 4.79 Å². The third-order valence-electron chi connectivity index (χ3n) is 3.03. The Morgan fingerprint density at radius 3 is 2.65 bits per heavy atom. The standard InChI is InChI=1S/C19H21NO3/c1-14(2)23-17-9-6-8-16(13-17)20-19(21)12-11-15-7-4-5-10-18(15)22-3/h4-14H,1-3H3,(H,20,21)/b12-11+. The molecule has 0 spiro atoms. The second-order valence-electron chi connectivity index (χ2n) is 5.26. The van der Waals surface area contributed by atoms with Gasteiger partial charge in [-0.15, -0.1) is 0 Å². The van der Waals surface area contributed by atoms with Gasteiger partial charge >= 0.3 is 0 Å². The maximum Gasteiger partial charge on any atom is 0.248 e. The zero-order valence-corrected chi connectivity index (χ0v) is 13.6. The Morgan fingerprint density at radius 2 is 1.91 bits per heavy atom. The lowest BCUT2D eigenvalue weighted by Gasteiger charge is -2.11. The molecule has 1 N–H and O–H groups in total. The van der Waals surface area contributed by atoms with E-state index in [1.54, 1.807) is 19.3 Å². The van der Waals surface area contributed by atoms with Gasteiger partial charge in [0, 0.05) is 23.4 Å². The van der Waals surface area contributed by atoms with Crippen LogP contribution in [0.3, 0.4) is 0 Å². The molecule has 1 amide bonds. The van der Waals surface area contributed by atoms with Gasteiger partial charge in [0.15, 0.2) is 0 Å². The van der Waals surface area contributed by atoms with Crippen molar-refractivity contribution in [3.63, 3.8) is 0 Å². The first kappa shape index (κ1) is 16.6. The van der Waals surface area contributed by atoms with Crippen LogP contribution in [-0.4, -0.2) is 19.1 Å². The number of nitrogens with one attached hydrogen (secondary N) is 1. The molecular weight excluding hydrogens is 290 g/mol. The Kier molecular flexibility index (Phi) is 5.80. The molecule has 0 saturated heterocycles. The van der Waals surface area contributed by atoms with E-state index in [9.17, 15) is 4.79 Å². The summed E-state index contributed by atoms with van der Waals surface area (Å²) in [4.78, 5) is 12.0. The predicted molar refractivity (Wildman–Crippen MR) is 92.9 cm³/mol. The summed E-state index contributed by atoms with van der Waals surface area (Å²) < 4.78 is 10.9. The van der Waals surface area contributed by atoms with Crippen molar-refractivity contribution in [2.45, 2.75) is 20.0 Å². The lowest BCUT2D eigenvalue weighted by atomic mass is 10.2. The number of carbonyl (C=O) groups excluding carboxylic acids is 1. The summed E-state index contributed by atoms with van der Waals surface area (Å²) in [5.41, 5.74) is 1.54. The van der Waals surface area contributed by atoms with E-state index >= 15 is 0 Å². The van der Waals surface area contributed by atoms with Crippen LogP contribution in [0.4, 0.5) is 5.69 Å². The van der Waals surface area contributed by atoms with Crippen LogP contribution in [0.15, 0.2) is 54.6 Å². The second kappa shape index (κ2) is 8.03. The minimum atomic E-state index is -0.211. The third-order valence-corrected chi connectivity index (χ3v) is 3.03. The first-order valence-corrected chi connectivity index (χ1v) is 7.47. The van der Waals surface area contributed by atoms with Gasteiger partial charge in [0.2, 0.25) is 5.91 Å². The summed E-state index contributed by atoms with van der Waals surface area (Å²) in [6.07, 6.45) is 3.29. The molecule has 4 nitrogen and oxygen atoms in total. The molecule has 0 unspecified atom stereocenters. The molecular formula is C19H21NO3. The van der Waals surface area contributed by atoms with Gasteiger partial charge in [-0.05, 0) is 38.1 Å². The van der Waals surface area contributed by atoms with Crippen LogP contribution in [0.1, 0.15) is 19.4 Å². The topological polar surface area (TPSA) is 47.6 Å². The number of anilines is 1. The number of amides is 1. The summed E-state index contributed by atoms with van der Waals surface area (Å²) in [6, 6.07) is 14.8. The van der Waals surface area contributed by atoms with Crippen LogP contribution in [0, 0.1) is 0 Å². The number of hydrogen-bond donors (Lipinski definition) is 1. The maximum absolute atomic E-state index is 12.0. The Morgan fingerprint density at radius 1 is 1.13 bits per heavy atom. The van der Waals surface area contributed by atoms with Gasteiger partial charge in [-0.1, -0.05) is 24.3 Å². The molecule has 2 rings (SSSR count). The smallest absolute Gasteiger partial charge is 0.248 e. The van der Waals surface area contributed by atoms with E-state index in [1.165, 1.54) is 6.08 Å². The number of rotatable bonds is 6. The fourth-order valence-electron chi connectivity index (χ4n) is 2.07. The van der Waals surface area contributed by atoms with E-state index in [-0.39, 0.29) is 12.0 Å². The SMILES string of the molecule is COc1ccccc1/C=C/C(=O)Nc1cccc(OC(C)C)c1. The van der Waals surface area contributed by atoms with Gasteiger partial charge in [0.1, 0.15) is 11.5 Å². The van der Waals surface area contributed by atoms with E-state index in [0.29, 0.717) is 5.69 Å². The van der Waals surface area contributed by atoms with Gasteiger partial charge in [-0.2, -0.15) is 0 Å². The largest absolute Gasteiger partial charge is 0.496 e. The molecule has 23 heavy (non-hydrogen) atoms. The molecule has 2 aromatic rings. The van der Waals surface area contributed by atoms with Gasteiger partial charge < -0.3 is 14.8 Å².